The Hall–Kier alpha value is -0.0700. The first-order valence-electron chi connectivity index (χ1n) is 6.95. The summed E-state index contributed by atoms with van der Waals surface area (Å²) >= 11 is 0. The van der Waals surface area contributed by atoms with Crippen LogP contribution < -0.4 is 0 Å². The topological polar surface area (TPSA) is 0 Å². The summed E-state index contributed by atoms with van der Waals surface area (Å²) in [7, 11) is 0. The van der Waals surface area contributed by atoms with Crippen LogP contribution in [0.1, 0.15) is 84.5 Å². The summed E-state index contributed by atoms with van der Waals surface area (Å²) in [4.78, 5) is 0. The lowest BCUT2D eigenvalue weighted by molar-refractivity contribution is 0.281. The van der Waals surface area contributed by atoms with Crippen molar-refractivity contribution in [3.63, 3.8) is 0 Å². The second-order valence-electron chi connectivity index (χ2n) is 4.65. The van der Waals surface area contributed by atoms with Crippen molar-refractivity contribution < 1.29 is 4.39 Å². The smallest absolute Gasteiger partial charge is 0.100 e. The second kappa shape index (κ2) is 12.0. The van der Waals surface area contributed by atoms with Crippen molar-refractivity contribution in [1.29, 1.82) is 0 Å². The molecule has 1 unspecified atom stereocenters. The largest absolute Gasteiger partial charge is 0.247 e. The standard InChI is InChI=1S/C14H29F/c1-3-5-7-8-9-10-11-13-14(15)12-6-4-2/h14H,3-13H2,1-2H3. The highest BCUT2D eigenvalue weighted by Gasteiger charge is 2.04. The van der Waals surface area contributed by atoms with Gasteiger partial charge in [0.25, 0.3) is 0 Å². The molecule has 0 rings (SSSR count). The molecule has 1 heteroatoms. The van der Waals surface area contributed by atoms with Crippen molar-refractivity contribution in [2.24, 2.45) is 0 Å². The molecule has 0 aromatic heterocycles. The van der Waals surface area contributed by atoms with E-state index in [9.17, 15) is 4.39 Å². The van der Waals surface area contributed by atoms with Crippen molar-refractivity contribution in [1.82, 2.24) is 0 Å². The van der Waals surface area contributed by atoms with E-state index in [1.807, 2.05) is 0 Å². The van der Waals surface area contributed by atoms with E-state index in [2.05, 4.69) is 13.8 Å². The van der Waals surface area contributed by atoms with Gasteiger partial charge in [-0.1, -0.05) is 71.6 Å². The highest BCUT2D eigenvalue weighted by atomic mass is 19.1. The zero-order valence-electron chi connectivity index (χ0n) is 10.7. The minimum Gasteiger partial charge on any atom is -0.247 e. The van der Waals surface area contributed by atoms with E-state index < -0.39 is 6.17 Å². The molecule has 0 aliphatic heterocycles. The Balaban J connectivity index is 3.02. The highest BCUT2D eigenvalue weighted by molar-refractivity contribution is 4.56. The third-order valence-electron chi connectivity index (χ3n) is 2.99. The maximum absolute atomic E-state index is 13.2. The molecule has 92 valence electrons. The van der Waals surface area contributed by atoms with Crippen LogP contribution in [0.5, 0.6) is 0 Å². The molecule has 0 fully saturated rings. The van der Waals surface area contributed by atoms with Gasteiger partial charge < -0.3 is 0 Å². The minimum absolute atomic E-state index is 0.527. The lowest BCUT2D eigenvalue weighted by Crippen LogP contribution is -1.99. The van der Waals surface area contributed by atoms with Gasteiger partial charge >= 0.3 is 0 Å². The molecular weight excluding hydrogens is 187 g/mol. The molecule has 15 heavy (non-hydrogen) atoms. The summed E-state index contributed by atoms with van der Waals surface area (Å²) in [5.41, 5.74) is 0. The first-order chi connectivity index (χ1) is 7.31. The van der Waals surface area contributed by atoms with Gasteiger partial charge in [-0.05, 0) is 12.8 Å². The molecule has 0 aliphatic rings. The lowest BCUT2D eigenvalue weighted by Gasteiger charge is -2.06. The molecule has 0 aromatic carbocycles. The van der Waals surface area contributed by atoms with Crippen LogP contribution in [-0.2, 0) is 0 Å². The van der Waals surface area contributed by atoms with Gasteiger partial charge in [-0.25, -0.2) is 4.39 Å². The van der Waals surface area contributed by atoms with E-state index in [4.69, 9.17) is 0 Å². The maximum atomic E-state index is 13.2. The van der Waals surface area contributed by atoms with Crippen molar-refractivity contribution in [2.75, 3.05) is 0 Å². The van der Waals surface area contributed by atoms with Gasteiger partial charge in [-0.2, -0.15) is 0 Å². The van der Waals surface area contributed by atoms with E-state index in [-0.39, 0.29) is 0 Å². The summed E-state index contributed by atoms with van der Waals surface area (Å²) < 4.78 is 13.2. The van der Waals surface area contributed by atoms with Gasteiger partial charge in [-0.3, -0.25) is 0 Å². The van der Waals surface area contributed by atoms with E-state index in [1.165, 1.54) is 38.5 Å². The Kier molecular flexibility index (Phi) is 11.9. The molecule has 0 radical (unpaired) electrons. The normalized spacial score (nSPS) is 13.0. The Bertz CT molecular complexity index is 112. The van der Waals surface area contributed by atoms with Gasteiger partial charge in [0.15, 0.2) is 0 Å². The van der Waals surface area contributed by atoms with Crippen molar-refractivity contribution in [3.05, 3.63) is 0 Å². The number of halogens is 1. The van der Waals surface area contributed by atoms with Gasteiger partial charge in [-0.15, -0.1) is 0 Å². The van der Waals surface area contributed by atoms with Crippen LogP contribution in [0.25, 0.3) is 0 Å². The molecule has 1 atom stereocenters. The number of rotatable bonds is 11. The molecule has 0 N–H and O–H groups in total. The van der Waals surface area contributed by atoms with Crippen LogP contribution in [-0.4, -0.2) is 6.17 Å². The first-order valence-corrected chi connectivity index (χ1v) is 6.95. The fourth-order valence-corrected chi connectivity index (χ4v) is 1.89. The average molecular weight is 216 g/mol. The van der Waals surface area contributed by atoms with Crippen LogP contribution in [0.3, 0.4) is 0 Å². The predicted octanol–water partition coefficient (Wildman–Crippen LogP) is 5.66. The van der Waals surface area contributed by atoms with E-state index in [1.54, 1.807) is 0 Å². The fourth-order valence-electron chi connectivity index (χ4n) is 1.89. The summed E-state index contributed by atoms with van der Waals surface area (Å²) in [5, 5.41) is 0. The Morgan fingerprint density at radius 1 is 0.667 bits per heavy atom. The van der Waals surface area contributed by atoms with Crippen LogP contribution in [0.2, 0.25) is 0 Å². The number of hydrogen-bond donors (Lipinski definition) is 0. The number of hydrogen-bond acceptors (Lipinski definition) is 0. The summed E-state index contributed by atoms with van der Waals surface area (Å²) in [6.45, 7) is 4.36. The molecule has 0 aromatic rings. The molecule has 0 spiro atoms. The summed E-state index contributed by atoms with van der Waals surface area (Å²) in [6, 6.07) is 0. The van der Waals surface area contributed by atoms with E-state index in [0.29, 0.717) is 0 Å². The van der Waals surface area contributed by atoms with Crippen LogP contribution in [0.15, 0.2) is 0 Å². The molecular formula is C14H29F. The third kappa shape index (κ3) is 11.9. The van der Waals surface area contributed by atoms with Gasteiger partial charge in [0.05, 0.1) is 0 Å². The Labute approximate surface area is 95.6 Å². The van der Waals surface area contributed by atoms with Gasteiger partial charge in [0.2, 0.25) is 0 Å². The van der Waals surface area contributed by atoms with Crippen LogP contribution in [0, 0.1) is 0 Å². The number of alkyl halides is 1. The maximum Gasteiger partial charge on any atom is 0.100 e. The monoisotopic (exact) mass is 216 g/mol. The predicted molar refractivity (Wildman–Crippen MR) is 67.0 cm³/mol. The van der Waals surface area contributed by atoms with Crippen LogP contribution >= 0.6 is 0 Å². The summed E-state index contributed by atoms with van der Waals surface area (Å²) in [6.07, 6.45) is 12.3. The zero-order chi connectivity index (χ0) is 11.4. The van der Waals surface area contributed by atoms with Gasteiger partial charge in [0, 0.05) is 0 Å². The molecule has 0 amide bonds. The van der Waals surface area contributed by atoms with Gasteiger partial charge in [0.1, 0.15) is 6.17 Å². The van der Waals surface area contributed by atoms with Crippen molar-refractivity contribution >= 4 is 0 Å². The molecule has 0 saturated carbocycles. The minimum atomic E-state index is -0.527. The molecule has 0 bridgehead atoms. The first kappa shape index (κ1) is 14.9. The fraction of sp³-hybridized carbons (Fsp3) is 1.00. The molecule has 0 nitrogen and oxygen atoms in total. The Morgan fingerprint density at radius 2 is 1.13 bits per heavy atom. The third-order valence-corrected chi connectivity index (χ3v) is 2.99. The van der Waals surface area contributed by atoms with Crippen LogP contribution in [0.4, 0.5) is 4.39 Å². The number of unbranched alkanes of at least 4 members (excludes halogenated alkanes) is 7. The SMILES string of the molecule is CCCCCCCCCC(F)CCCC. The highest BCUT2D eigenvalue weighted by Crippen LogP contribution is 2.14. The molecule has 0 aliphatic carbocycles. The molecule has 0 saturated heterocycles. The average Bonchev–Trinajstić information content (AvgIpc) is 2.25. The zero-order valence-corrected chi connectivity index (χ0v) is 10.7. The molecule has 0 heterocycles. The lowest BCUT2D eigenvalue weighted by atomic mass is 10.0. The van der Waals surface area contributed by atoms with Crippen molar-refractivity contribution in [3.8, 4) is 0 Å². The van der Waals surface area contributed by atoms with Crippen molar-refractivity contribution in [2.45, 2.75) is 90.6 Å². The second-order valence-corrected chi connectivity index (χ2v) is 4.65. The van der Waals surface area contributed by atoms with E-state index >= 15 is 0 Å². The Morgan fingerprint density at radius 3 is 1.73 bits per heavy atom. The summed E-state index contributed by atoms with van der Waals surface area (Å²) in [5.74, 6) is 0. The quantitative estimate of drug-likeness (QED) is 0.391. The van der Waals surface area contributed by atoms with E-state index in [0.717, 1.165) is 32.1 Å².